The highest BCUT2D eigenvalue weighted by Gasteiger charge is 2.12. The predicted octanol–water partition coefficient (Wildman–Crippen LogP) is 1.55. The molecule has 0 unspecified atom stereocenters. The number of carbonyl (C=O) groups is 1. The van der Waals surface area contributed by atoms with E-state index in [2.05, 4.69) is 25.7 Å². The normalized spacial score (nSPS) is 11.0. The third kappa shape index (κ3) is 3.87. The van der Waals surface area contributed by atoms with Crippen LogP contribution in [0.25, 0.3) is 5.69 Å². The van der Waals surface area contributed by atoms with Gasteiger partial charge in [0.2, 0.25) is 0 Å². The molecule has 0 spiro atoms. The maximum absolute atomic E-state index is 12.9. The molecular weight excluding hydrogens is 325 g/mol. The molecule has 8 nitrogen and oxygen atoms in total. The fourth-order valence-electron chi connectivity index (χ4n) is 2.33. The van der Waals surface area contributed by atoms with Crippen molar-refractivity contribution >= 4 is 5.91 Å². The Bertz CT molecular complexity index is 854. The summed E-state index contributed by atoms with van der Waals surface area (Å²) in [4.78, 5) is 13.4. The first kappa shape index (κ1) is 16.7. The van der Waals surface area contributed by atoms with Gasteiger partial charge in [-0.3, -0.25) is 4.79 Å². The van der Waals surface area contributed by atoms with Crippen molar-refractivity contribution in [1.82, 2.24) is 35.1 Å². The molecule has 2 heterocycles. The van der Waals surface area contributed by atoms with Gasteiger partial charge in [0.1, 0.15) is 18.0 Å². The number of aromatic nitrogens is 6. The van der Waals surface area contributed by atoms with Crippen molar-refractivity contribution in [2.24, 2.45) is 0 Å². The molecule has 3 aromatic rings. The Hall–Kier alpha value is -3.10. The Morgan fingerprint density at radius 3 is 2.76 bits per heavy atom. The van der Waals surface area contributed by atoms with E-state index < -0.39 is 0 Å². The topological polar surface area (TPSA) is 90.5 Å². The maximum Gasteiger partial charge on any atom is 0.273 e. The van der Waals surface area contributed by atoms with Crippen LogP contribution >= 0.6 is 0 Å². The SMILES string of the molecule is CC(C)c1nncn1CCNC(=O)c1cnn(-c2ccc(F)cc2)n1. The maximum atomic E-state index is 12.9. The molecule has 130 valence electrons. The van der Waals surface area contributed by atoms with Crippen molar-refractivity contribution in [3.05, 3.63) is 54.1 Å². The zero-order valence-electron chi connectivity index (χ0n) is 13.9. The summed E-state index contributed by atoms with van der Waals surface area (Å²) >= 11 is 0. The van der Waals surface area contributed by atoms with Gasteiger partial charge in [0.05, 0.1) is 11.9 Å². The summed E-state index contributed by atoms with van der Waals surface area (Å²) in [6.07, 6.45) is 3.02. The molecule has 0 atom stereocenters. The first-order valence-corrected chi connectivity index (χ1v) is 7.89. The number of nitrogens with one attached hydrogen (secondary N) is 1. The van der Waals surface area contributed by atoms with Crippen LogP contribution in [0.3, 0.4) is 0 Å². The quantitative estimate of drug-likeness (QED) is 0.733. The van der Waals surface area contributed by atoms with Gasteiger partial charge in [-0.2, -0.15) is 9.90 Å². The standard InChI is InChI=1S/C16H18FN7O/c1-11(2)15-21-19-10-23(15)8-7-18-16(25)14-9-20-24(22-14)13-5-3-12(17)4-6-13/h3-6,9-11H,7-8H2,1-2H3,(H,18,25). The number of carbonyl (C=O) groups excluding carboxylic acids is 1. The van der Waals surface area contributed by atoms with Crippen LogP contribution in [0.1, 0.15) is 36.1 Å². The number of nitrogens with zero attached hydrogens (tertiary/aromatic N) is 6. The van der Waals surface area contributed by atoms with Crippen molar-refractivity contribution in [2.75, 3.05) is 6.54 Å². The smallest absolute Gasteiger partial charge is 0.273 e. The summed E-state index contributed by atoms with van der Waals surface area (Å²) in [6, 6.07) is 5.70. The number of halogens is 1. The first-order valence-electron chi connectivity index (χ1n) is 7.89. The van der Waals surface area contributed by atoms with E-state index in [-0.39, 0.29) is 23.3 Å². The highest BCUT2D eigenvalue weighted by molar-refractivity contribution is 5.91. The number of hydrogen-bond donors (Lipinski definition) is 1. The highest BCUT2D eigenvalue weighted by atomic mass is 19.1. The second-order valence-electron chi connectivity index (χ2n) is 5.79. The molecule has 0 fully saturated rings. The number of amides is 1. The van der Waals surface area contributed by atoms with Crippen LogP contribution in [-0.4, -0.2) is 42.2 Å². The zero-order chi connectivity index (χ0) is 17.8. The predicted molar refractivity (Wildman–Crippen MR) is 87.8 cm³/mol. The Kier molecular flexibility index (Phi) is 4.82. The van der Waals surface area contributed by atoms with E-state index in [1.807, 2.05) is 18.4 Å². The fourth-order valence-corrected chi connectivity index (χ4v) is 2.33. The van der Waals surface area contributed by atoms with E-state index >= 15 is 0 Å². The van der Waals surface area contributed by atoms with E-state index in [1.54, 1.807) is 6.33 Å². The minimum absolute atomic E-state index is 0.192. The Labute approximate surface area is 143 Å². The number of hydrogen-bond acceptors (Lipinski definition) is 5. The average molecular weight is 343 g/mol. The van der Waals surface area contributed by atoms with Crippen molar-refractivity contribution in [3.63, 3.8) is 0 Å². The summed E-state index contributed by atoms with van der Waals surface area (Å²) in [5, 5.41) is 18.9. The second-order valence-corrected chi connectivity index (χ2v) is 5.79. The molecule has 1 N–H and O–H groups in total. The molecule has 9 heteroatoms. The van der Waals surface area contributed by atoms with Gasteiger partial charge in [0.25, 0.3) is 5.91 Å². The third-order valence-electron chi connectivity index (χ3n) is 3.58. The largest absolute Gasteiger partial charge is 0.349 e. The molecule has 0 radical (unpaired) electrons. The molecule has 0 aliphatic rings. The van der Waals surface area contributed by atoms with Crippen LogP contribution in [0, 0.1) is 5.82 Å². The van der Waals surface area contributed by atoms with E-state index in [4.69, 9.17) is 0 Å². The number of rotatable bonds is 6. The van der Waals surface area contributed by atoms with Crippen LogP contribution in [0.15, 0.2) is 36.8 Å². The molecule has 0 aliphatic carbocycles. The lowest BCUT2D eigenvalue weighted by atomic mass is 10.2. The van der Waals surface area contributed by atoms with Gasteiger partial charge in [0, 0.05) is 19.0 Å². The average Bonchev–Trinajstić information content (AvgIpc) is 3.24. The monoisotopic (exact) mass is 343 g/mol. The summed E-state index contributed by atoms with van der Waals surface area (Å²) in [7, 11) is 0. The van der Waals surface area contributed by atoms with Crippen LogP contribution in [-0.2, 0) is 6.54 Å². The Balaban J connectivity index is 1.59. The lowest BCUT2D eigenvalue weighted by molar-refractivity contribution is 0.0946. The van der Waals surface area contributed by atoms with Gasteiger partial charge in [-0.1, -0.05) is 13.8 Å². The van der Waals surface area contributed by atoms with Crippen LogP contribution in [0.4, 0.5) is 4.39 Å². The summed E-state index contributed by atoms with van der Waals surface area (Å²) in [5.41, 5.74) is 0.767. The first-order chi connectivity index (χ1) is 12.0. The zero-order valence-corrected chi connectivity index (χ0v) is 13.9. The van der Waals surface area contributed by atoms with Crippen molar-refractivity contribution in [3.8, 4) is 5.69 Å². The van der Waals surface area contributed by atoms with Crippen molar-refractivity contribution in [2.45, 2.75) is 26.3 Å². The van der Waals surface area contributed by atoms with Gasteiger partial charge >= 0.3 is 0 Å². The lowest BCUT2D eigenvalue weighted by Gasteiger charge is -2.09. The van der Waals surface area contributed by atoms with Crippen LogP contribution in [0.2, 0.25) is 0 Å². The van der Waals surface area contributed by atoms with E-state index in [0.717, 1.165) is 5.82 Å². The second kappa shape index (κ2) is 7.20. The van der Waals surface area contributed by atoms with Gasteiger partial charge in [-0.15, -0.1) is 15.3 Å². The van der Waals surface area contributed by atoms with Crippen molar-refractivity contribution in [1.29, 1.82) is 0 Å². The van der Waals surface area contributed by atoms with Gasteiger partial charge in [-0.05, 0) is 24.3 Å². The third-order valence-corrected chi connectivity index (χ3v) is 3.58. The van der Waals surface area contributed by atoms with Gasteiger partial charge in [-0.25, -0.2) is 4.39 Å². The van der Waals surface area contributed by atoms with Crippen LogP contribution < -0.4 is 5.32 Å². The highest BCUT2D eigenvalue weighted by Crippen LogP contribution is 2.10. The lowest BCUT2D eigenvalue weighted by Crippen LogP contribution is -2.28. The molecule has 3 rings (SSSR count). The summed E-state index contributed by atoms with van der Waals surface area (Å²) in [6.45, 7) is 5.05. The molecule has 1 aromatic carbocycles. The Morgan fingerprint density at radius 2 is 2.04 bits per heavy atom. The van der Waals surface area contributed by atoms with Gasteiger partial charge in [0.15, 0.2) is 5.69 Å². The minimum Gasteiger partial charge on any atom is -0.349 e. The van der Waals surface area contributed by atoms with Gasteiger partial charge < -0.3 is 9.88 Å². The van der Waals surface area contributed by atoms with E-state index in [0.29, 0.717) is 18.8 Å². The molecule has 0 saturated carbocycles. The molecular formula is C16H18FN7O. The fraction of sp³-hybridized carbons (Fsp3) is 0.312. The molecule has 0 bridgehead atoms. The number of benzene rings is 1. The minimum atomic E-state index is -0.344. The summed E-state index contributed by atoms with van der Waals surface area (Å²) in [5.74, 6) is 0.460. The van der Waals surface area contributed by atoms with Crippen LogP contribution in [0.5, 0.6) is 0 Å². The molecule has 0 aliphatic heterocycles. The molecule has 1 amide bonds. The molecule has 0 saturated heterocycles. The van der Waals surface area contributed by atoms with E-state index in [9.17, 15) is 9.18 Å². The molecule has 2 aromatic heterocycles. The molecule has 25 heavy (non-hydrogen) atoms. The summed E-state index contributed by atoms with van der Waals surface area (Å²) < 4.78 is 14.8. The Morgan fingerprint density at radius 1 is 1.28 bits per heavy atom. The van der Waals surface area contributed by atoms with E-state index in [1.165, 1.54) is 35.3 Å². The van der Waals surface area contributed by atoms with Crippen molar-refractivity contribution < 1.29 is 9.18 Å².